The number of aromatic nitrogens is 4. The van der Waals surface area contributed by atoms with Crippen LogP contribution in [-0.2, 0) is 7.05 Å². The summed E-state index contributed by atoms with van der Waals surface area (Å²) < 4.78 is 1.82. The van der Waals surface area contributed by atoms with E-state index in [0.29, 0.717) is 12.5 Å². The molecule has 0 saturated heterocycles. The van der Waals surface area contributed by atoms with Crippen molar-refractivity contribution < 1.29 is 0 Å². The Morgan fingerprint density at radius 3 is 2.26 bits per heavy atom. The fourth-order valence-corrected chi connectivity index (χ4v) is 5.61. The van der Waals surface area contributed by atoms with Crippen molar-refractivity contribution in [3.63, 3.8) is 0 Å². The smallest absolute Gasteiger partial charge is 0.155 e. The van der Waals surface area contributed by atoms with E-state index in [0.717, 1.165) is 35.4 Å². The van der Waals surface area contributed by atoms with Crippen LogP contribution in [0.15, 0.2) is 0 Å². The van der Waals surface area contributed by atoms with E-state index >= 15 is 0 Å². The first kappa shape index (κ1) is 11.8. The summed E-state index contributed by atoms with van der Waals surface area (Å²) in [5, 5.41) is 12.0. The summed E-state index contributed by atoms with van der Waals surface area (Å²) in [5.41, 5.74) is 6.10. The van der Waals surface area contributed by atoms with Crippen molar-refractivity contribution in [2.45, 2.75) is 38.0 Å². The normalized spacial score (nSPS) is 41.7. The second-order valence-corrected chi connectivity index (χ2v) is 7.01. The molecular formula is C14H23N5. The van der Waals surface area contributed by atoms with Crippen molar-refractivity contribution in [3.05, 3.63) is 5.82 Å². The molecule has 4 fully saturated rings. The number of tetrazole rings is 1. The maximum atomic E-state index is 6.10. The summed E-state index contributed by atoms with van der Waals surface area (Å²) in [6, 6.07) is 0. The van der Waals surface area contributed by atoms with Crippen molar-refractivity contribution in [3.8, 4) is 0 Å². The molecule has 5 nitrogen and oxygen atoms in total. The lowest BCUT2D eigenvalue weighted by Gasteiger charge is -2.56. The van der Waals surface area contributed by atoms with Crippen molar-refractivity contribution in [1.82, 2.24) is 20.2 Å². The number of rotatable bonds is 3. The van der Waals surface area contributed by atoms with Gasteiger partial charge in [-0.1, -0.05) is 0 Å². The SMILES string of the molecule is Cn1nnnc1C(CN)C1C2CC3CC(C2)CC1C3. The molecule has 4 saturated carbocycles. The van der Waals surface area contributed by atoms with Crippen molar-refractivity contribution in [1.29, 1.82) is 0 Å². The minimum atomic E-state index is 0.356. The highest BCUT2D eigenvalue weighted by atomic mass is 15.5. The second-order valence-electron chi connectivity index (χ2n) is 7.01. The number of hydrogen-bond donors (Lipinski definition) is 1. The molecule has 19 heavy (non-hydrogen) atoms. The molecule has 1 aromatic rings. The van der Waals surface area contributed by atoms with Crippen LogP contribution < -0.4 is 5.73 Å². The monoisotopic (exact) mass is 261 g/mol. The summed E-state index contributed by atoms with van der Waals surface area (Å²) in [6.45, 7) is 0.682. The molecular weight excluding hydrogens is 238 g/mol. The maximum absolute atomic E-state index is 6.10. The number of aryl methyl sites for hydroxylation is 1. The summed E-state index contributed by atoms with van der Waals surface area (Å²) in [7, 11) is 1.94. The van der Waals surface area contributed by atoms with Crippen LogP contribution in [-0.4, -0.2) is 26.8 Å². The van der Waals surface area contributed by atoms with E-state index < -0.39 is 0 Å². The highest BCUT2D eigenvalue weighted by molar-refractivity contribution is 5.07. The Morgan fingerprint density at radius 2 is 1.79 bits per heavy atom. The average molecular weight is 261 g/mol. The lowest BCUT2D eigenvalue weighted by Crippen LogP contribution is -2.48. The van der Waals surface area contributed by atoms with Gasteiger partial charge in [0.05, 0.1) is 0 Å². The van der Waals surface area contributed by atoms with Gasteiger partial charge in [-0.25, -0.2) is 4.68 Å². The molecule has 5 heteroatoms. The molecule has 1 aromatic heterocycles. The van der Waals surface area contributed by atoms with Gasteiger partial charge in [0.25, 0.3) is 0 Å². The second kappa shape index (κ2) is 4.27. The first-order valence-electron chi connectivity index (χ1n) is 7.68. The average Bonchev–Trinajstić information content (AvgIpc) is 2.79. The molecule has 104 valence electrons. The number of nitrogens with zero attached hydrogens (tertiary/aromatic N) is 4. The zero-order chi connectivity index (χ0) is 13.0. The first-order chi connectivity index (χ1) is 9.26. The molecule has 4 aliphatic rings. The van der Waals surface area contributed by atoms with Crippen molar-refractivity contribution in [2.75, 3.05) is 6.54 Å². The van der Waals surface area contributed by atoms with Crippen molar-refractivity contribution in [2.24, 2.45) is 42.4 Å². The zero-order valence-electron chi connectivity index (χ0n) is 11.6. The summed E-state index contributed by atoms with van der Waals surface area (Å²) in [5.74, 6) is 5.85. The Balaban J connectivity index is 1.66. The van der Waals surface area contributed by atoms with Crippen LogP contribution in [0.5, 0.6) is 0 Å². The molecule has 4 bridgehead atoms. The third kappa shape index (κ3) is 1.74. The zero-order valence-corrected chi connectivity index (χ0v) is 11.6. The van der Waals surface area contributed by atoms with Crippen LogP contribution in [0, 0.1) is 29.6 Å². The van der Waals surface area contributed by atoms with Crippen LogP contribution in [0.3, 0.4) is 0 Å². The molecule has 0 amide bonds. The molecule has 1 heterocycles. The quantitative estimate of drug-likeness (QED) is 0.891. The van der Waals surface area contributed by atoms with Gasteiger partial charge in [-0.05, 0) is 72.1 Å². The molecule has 2 N–H and O–H groups in total. The van der Waals surface area contributed by atoms with Gasteiger partial charge in [0.15, 0.2) is 5.82 Å². The van der Waals surface area contributed by atoms with Gasteiger partial charge in [0.1, 0.15) is 0 Å². The predicted octanol–water partition coefficient (Wildman–Crippen LogP) is 1.32. The molecule has 1 unspecified atom stereocenters. The summed E-state index contributed by atoms with van der Waals surface area (Å²) >= 11 is 0. The van der Waals surface area contributed by atoms with Gasteiger partial charge in [-0.3, -0.25) is 0 Å². The van der Waals surface area contributed by atoms with Crippen molar-refractivity contribution >= 4 is 0 Å². The van der Waals surface area contributed by atoms with E-state index in [2.05, 4.69) is 15.5 Å². The standard InChI is InChI=1S/C14H23N5/c1-19-14(16-17-18-19)12(7-15)13-10-3-8-2-9(5-10)6-11(13)4-8/h8-13H,2-7,15H2,1H3. The first-order valence-corrected chi connectivity index (χ1v) is 7.68. The van der Waals surface area contributed by atoms with E-state index in [4.69, 9.17) is 5.73 Å². The lowest BCUT2D eigenvalue weighted by molar-refractivity contribution is -0.0482. The van der Waals surface area contributed by atoms with Crippen LogP contribution in [0.4, 0.5) is 0 Å². The van der Waals surface area contributed by atoms with Gasteiger partial charge in [-0.15, -0.1) is 5.10 Å². The molecule has 1 atom stereocenters. The highest BCUT2D eigenvalue weighted by Gasteiger charge is 2.51. The lowest BCUT2D eigenvalue weighted by atomic mass is 9.49. The molecule has 0 radical (unpaired) electrons. The molecule has 0 aliphatic heterocycles. The predicted molar refractivity (Wildman–Crippen MR) is 71.1 cm³/mol. The third-order valence-corrected chi connectivity index (χ3v) is 6.00. The number of nitrogens with two attached hydrogens (primary N) is 1. The Kier molecular flexibility index (Phi) is 2.65. The minimum Gasteiger partial charge on any atom is -0.330 e. The van der Waals surface area contributed by atoms with Gasteiger partial charge < -0.3 is 5.73 Å². The van der Waals surface area contributed by atoms with E-state index in [-0.39, 0.29) is 0 Å². The van der Waals surface area contributed by atoms with Gasteiger partial charge in [-0.2, -0.15) is 0 Å². The van der Waals surface area contributed by atoms with Gasteiger partial charge in [0.2, 0.25) is 0 Å². The van der Waals surface area contributed by atoms with E-state index in [9.17, 15) is 0 Å². The summed E-state index contributed by atoms with van der Waals surface area (Å²) in [6.07, 6.45) is 7.22. The van der Waals surface area contributed by atoms with Crippen LogP contribution in [0.2, 0.25) is 0 Å². The Hall–Kier alpha value is -0.970. The Labute approximate surface area is 113 Å². The molecule has 0 aromatic carbocycles. The topological polar surface area (TPSA) is 69.6 Å². The summed E-state index contributed by atoms with van der Waals surface area (Å²) in [4.78, 5) is 0. The molecule has 5 rings (SSSR count). The Bertz CT molecular complexity index is 440. The number of hydrogen-bond acceptors (Lipinski definition) is 4. The van der Waals surface area contributed by atoms with Crippen LogP contribution in [0.1, 0.15) is 43.8 Å². The maximum Gasteiger partial charge on any atom is 0.155 e. The third-order valence-electron chi connectivity index (χ3n) is 6.00. The molecule has 4 aliphatic carbocycles. The van der Waals surface area contributed by atoms with Crippen LogP contribution in [0.25, 0.3) is 0 Å². The minimum absolute atomic E-state index is 0.356. The molecule has 0 spiro atoms. The van der Waals surface area contributed by atoms with E-state index in [1.54, 1.807) is 0 Å². The van der Waals surface area contributed by atoms with Gasteiger partial charge in [0, 0.05) is 19.5 Å². The largest absolute Gasteiger partial charge is 0.330 e. The fraction of sp³-hybridized carbons (Fsp3) is 0.929. The van der Waals surface area contributed by atoms with Crippen LogP contribution >= 0.6 is 0 Å². The fourth-order valence-electron chi connectivity index (χ4n) is 5.61. The highest BCUT2D eigenvalue weighted by Crippen LogP contribution is 2.59. The van der Waals surface area contributed by atoms with E-state index in [1.165, 1.54) is 32.1 Å². The van der Waals surface area contributed by atoms with E-state index in [1.807, 2.05) is 11.7 Å². The van der Waals surface area contributed by atoms with Gasteiger partial charge >= 0.3 is 0 Å². The Morgan fingerprint density at radius 1 is 1.16 bits per heavy atom.